The van der Waals surface area contributed by atoms with E-state index in [0.29, 0.717) is 24.2 Å². The second kappa shape index (κ2) is 7.19. The van der Waals surface area contributed by atoms with Crippen molar-refractivity contribution in [3.63, 3.8) is 0 Å². The Morgan fingerprint density at radius 3 is 2.68 bits per heavy atom. The molecule has 0 saturated carbocycles. The van der Waals surface area contributed by atoms with Crippen LogP contribution in [0.25, 0.3) is 0 Å². The molecule has 1 amide bonds. The molecule has 4 rings (SSSR count). The predicted octanol–water partition coefficient (Wildman–Crippen LogP) is 1.97. The molecule has 2 aliphatic rings. The Labute approximate surface area is 163 Å². The molecule has 1 unspecified atom stereocenters. The van der Waals surface area contributed by atoms with Gasteiger partial charge in [-0.25, -0.2) is 13.4 Å². The predicted molar refractivity (Wildman–Crippen MR) is 102 cm³/mol. The summed E-state index contributed by atoms with van der Waals surface area (Å²) in [5, 5.41) is 14.9. The first-order chi connectivity index (χ1) is 13.5. The van der Waals surface area contributed by atoms with Crippen LogP contribution in [0, 0.1) is 17.2 Å². The van der Waals surface area contributed by atoms with E-state index >= 15 is 0 Å². The van der Waals surface area contributed by atoms with Gasteiger partial charge in [-0.05, 0) is 30.2 Å². The standard InChI is InChI=1S/C20H18N4O3S/c21-12-16-7-4-8-17(11-16)28(26,27)23-10-9-18-19(14-23)22-24(20(18)25)13-15-5-2-1-3-6-15/h1-8,11,18H,9-10,13-14H2. The maximum atomic E-state index is 13.0. The van der Waals surface area contributed by atoms with Crippen LogP contribution >= 0.6 is 0 Å². The molecule has 0 bridgehead atoms. The third kappa shape index (κ3) is 3.30. The molecule has 0 aromatic heterocycles. The first-order valence-electron chi connectivity index (χ1n) is 8.92. The summed E-state index contributed by atoms with van der Waals surface area (Å²) in [6.45, 7) is 0.700. The van der Waals surface area contributed by atoms with Gasteiger partial charge in [-0.15, -0.1) is 0 Å². The molecule has 1 fully saturated rings. The van der Waals surface area contributed by atoms with Gasteiger partial charge in [0.25, 0.3) is 5.91 Å². The monoisotopic (exact) mass is 394 g/mol. The van der Waals surface area contributed by atoms with Crippen LogP contribution < -0.4 is 0 Å². The van der Waals surface area contributed by atoms with E-state index in [4.69, 9.17) is 5.26 Å². The van der Waals surface area contributed by atoms with Gasteiger partial charge in [-0.1, -0.05) is 36.4 Å². The molecule has 2 aromatic rings. The summed E-state index contributed by atoms with van der Waals surface area (Å²) in [6, 6.07) is 17.5. The number of fused-ring (bicyclic) bond motifs is 1. The highest BCUT2D eigenvalue weighted by Gasteiger charge is 2.42. The summed E-state index contributed by atoms with van der Waals surface area (Å²) in [4.78, 5) is 12.7. The molecule has 1 atom stereocenters. The molecule has 0 N–H and O–H groups in total. The zero-order valence-corrected chi connectivity index (χ0v) is 15.8. The lowest BCUT2D eigenvalue weighted by Gasteiger charge is -2.28. The molecule has 0 spiro atoms. The van der Waals surface area contributed by atoms with Crippen LogP contribution in [0.1, 0.15) is 17.5 Å². The van der Waals surface area contributed by atoms with Gasteiger partial charge >= 0.3 is 0 Å². The number of benzene rings is 2. The van der Waals surface area contributed by atoms with Gasteiger partial charge in [0.1, 0.15) is 0 Å². The first kappa shape index (κ1) is 18.3. The fourth-order valence-electron chi connectivity index (χ4n) is 3.51. The lowest BCUT2D eigenvalue weighted by atomic mass is 9.96. The van der Waals surface area contributed by atoms with Crippen molar-refractivity contribution < 1.29 is 13.2 Å². The van der Waals surface area contributed by atoms with Crippen molar-refractivity contribution in [1.29, 1.82) is 5.26 Å². The lowest BCUT2D eigenvalue weighted by molar-refractivity contribution is -0.132. The minimum Gasteiger partial charge on any atom is -0.272 e. The molecule has 0 aliphatic carbocycles. The molecule has 8 heteroatoms. The summed E-state index contributed by atoms with van der Waals surface area (Å²) in [5.74, 6) is -0.442. The van der Waals surface area contributed by atoms with Crippen molar-refractivity contribution in [2.45, 2.75) is 17.9 Å². The number of hydrazone groups is 1. The third-order valence-electron chi connectivity index (χ3n) is 4.99. The molecule has 2 heterocycles. The number of piperidine rings is 1. The fraction of sp³-hybridized carbons (Fsp3) is 0.250. The van der Waals surface area contributed by atoms with Crippen molar-refractivity contribution in [3.05, 3.63) is 65.7 Å². The Bertz CT molecular complexity index is 1090. The number of hydrogen-bond acceptors (Lipinski definition) is 5. The Morgan fingerprint density at radius 2 is 1.93 bits per heavy atom. The van der Waals surface area contributed by atoms with Crippen molar-refractivity contribution in [3.8, 4) is 6.07 Å². The van der Waals surface area contributed by atoms with Crippen LogP contribution in [-0.2, 0) is 21.4 Å². The van der Waals surface area contributed by atoms with Crippen LogP contribution in [0.15, 0.2) is 64.6 Å². The second-order valence-electron chi connectivity index (χ2n) is 6.79. The van der Waals surface area contributed by atoms with Crippen LogP contribution in [0.4, 0.5) is 0 Å². The van der Waals surface area contributed by atoms with Gasteiger partial charge in [0, 0.05) is 6.54 Å². The minimum atomic E-state index is -3.76. The zero-order chi connectivity index (χ0) is 19.7. The van der Waals surface area contributed by atoms with Gasteiger partial charge < -0.3 is 0 Å². The van der Waals surface area contributed by atoms with Crippen molar-refractivity contribution >= 4 is 21.6 Å². The van der Waals surface area contributed by atoms with Crippen LogP contribution in [-0.4, -0.2) is 42.4 Å². The lowest BCUT2D eigenvalue weighted by Crippen LogP contribution is -2.44. The second-order valence-corrected chi connectivity index (χ2v) is 8.73. The first-order valence-corrected chi connectivity index (χ1v) is 10.4. The number of nitrogens with zero attached hydrogens (tertiary/aromatic N) is 4. The van der Waals surface area contributed by atoms with E-state index in [0.717, 1.165) is 5.56 Å². The van der Waals surface area contributed by atoms with Gasteiger partial charge in [-0.2, -0.15) is 14.7 Å². The van der Waals surface area contributed by atoms with E-state index in [9.17, 15) is 13.2 Å². The summed E-state index contributed by atoms with van der Waals surface area (Å²) in [5.41, 5.74) is 1.84. The average molecular weight is 394 g/mol. The zero-order valence-electron chi connectivity index (χ0n) is 15.0. The number of carbonyl (C=O) groups excluding carboxylic acids is 1. The summed E-state index contributed by atoms with van der Waals surface area (Å²) < 4.78 is 27.3. The van der Waals surface area contributed by atoms with E-state index in [-0.39, 0.29) is 29.8 Å². The van der Waals surface area contributed by atoms with Crippen LogP contribution in [0.5, 0.6) is 0 Å². The molecule has 1 saturated heterocycles. The highest BCUT2D eigenvalue weighted by Crippen LogP contribution is 2.29. The summed E-state index contributed by atoms with van der Waals surface area (Å²) in [6.07, 6.45) is 0.403. The Kier molecular flexibility index (Phi) is 4.71. The van der Waals surface area contributed by atoms with E-state index in [1.165, 1.54) is 21.4 Å². The summed E-state index contributed by atoms with van der Waals surface area (Å²) in [7, 11) is -3.76. The maximum Gasteiger partial charge on any atom is 0.251 e. The maximum absolute atomic E-state index is 13.0. The number of nitriles is 1. The number of rotatable bonds is 4. The van der Waals surface area contributed by atoms with Crippen LogP contribution in [0.2, 0.25) is 0 Å². The average Bonchev–Trinajstić information content (AvgIpc) is 3.03. The molecule has 2 aliphatic heterocycles. The molecule has 142 valence electrons. The Hall–Kier alpha value is -3.02. The Balaban J connectivity index is 1.55. The fourth-order valence-corrected chi connectivity index (χ4v) is 4.98. The van der Waals surface area contributed by atoms with Crippen LogP contribution in [0.3, 0.4) is 0 Å². The van der Waals surface area contributed by atoms with Gasteiger partial charge in [0.2, 0.25) is 10.0 Å². The van der Waals surface area contributed by atoms with Gasteiger partial charge in [-0.3, -0.25) is 4.79 Å². The third-order valence-corrected chi connectivity index (χ3v) is 6.83. The SMILES string of the molecule is N#Cc1cccc(S(=O)(=O)N2CCC3C(=O)N(Cc4ccccc4)N=C3C2)c1. The molecule has 2 aromatic carbocycles. The number of sulfonamides is 1. The van der Waals surface area contributed by atoms with E-state index in [2.05, 4.69) is 5.10 Å². The molecular weight excluding hydrogens is 376 g/mol. The number of amides is 1. The topological polar surface area (TPSA) is 93.8 Å². The number of carbonyl (C=O) groups is 1. The Morgan fingerprint density at radius 1 is 1.14 bits per heavy atom. The normalized spacial score (nSPS) is 19.8. The highest BCUT2D eigenvalue weighted by molar-refractivity contribution is 7.89. The van der Waals surface area contributed by atoms with Crippen molar-refractivity contribution in [1.82, 2.24) is 9.31 Å². The van der Waals surface area contributed by atoms with Crippen molar-refractivity contribution in [2.24, 2.45) is 11.0 Å². The minimum absolute atomic E-state index is 0.0797. The van der Waals surface area contributed by atoms with E-state index in [1.807, 2.05) is 36.4 Å². The molecule has 7 nitrogen and oxygen atoms in total. The highest BCUT2D eigenvalue weighted by atomic mass is 32.2. The number of hydrogen-bond donors (Lipinski definition) is 0. The quantitative estimate of drug-likeness (QED) is 0.792. The van der Waals surface area contributed by atoms with Crippen molar-refractivity contribution in [2.75, 3.05) is 13.1 Å². The molecule has 0 radical (unpaired) electrons. The van der Waals surface area contributed by atoms with Gasteiger partial charge in [0.05, 0.1) is 41.2 Å². The summed E-state index contributed by atoms with van der Waals surface area (Å²) >= 11 is 0. The smallest absolute Gasteiger partial charge is 0.251 e. The van der Waals surface area contributed by atoms with E-state index in [1.54, 1.807) is 12.1 Å². The van der Waals surface area contributed by atoms with E-state index < -0.39 is 10.0 Å². The molecule has 28 heavy (non-hydrogen) atoms. The molecular formula is C20H18N4O3S. The largest absolute Gasteiger partial charge is 0.272 e. The van der Waals surface area contributed by atoms with Gasteiger partial charge in [0.15, 0.2) is 0 Å².